The number of hydrogen-bond donors (Lipinski definition) is 6. The molecule has 1 aromatic carbocycles. The molecule has 2 aliphatic heterocycles. The van der Waals surface area contributed by atoms with Crippen molar-refractivity contribution in [2.24, 2.45) is 23.7 Å². The monoisotopic (exact) mass is 524 g/mol. The molecule has 1 aromatic rings. The third-order valence-corrected chi connectivity index (χ3v) is 7.43. The van der Waals surface area contributed by atoms with Crippen molar-refractivity contribution in [2.45, 2.75) is 50.2 Å². The molecule has 37 heavy (non-hydrogen) atoms. The van der Waals surface area contributed by atoms with Crippen LogP contribution in [0.3, 0.4) is 0 Å². The summed E-state index contributed by atoms with van der Waals surface area (Å²) in [5, 5.41) is 59.6. The van der Waals surface area contributed by atoms with E-state index in [1.54, 1.807) is 0 Å². The molecule has 0 spiro atoms. The quantitative estimate of drug-likeness (QED) is 0.142. The van der Waals surface area contributed by atoms with Crippen LogP contribution in [0, 0.1) is 23.7 Å². The van der Waals surface area contributed by atoms with Gasteiger partial charge in [-0.2, -0.15) is 0 Å². The molecule has 0 radical (unpaired) electrons. The lowest BCUT2D eigenvalue weighted by Gasteiger charge is -2.41. The molecule has 10 atom stereocenters. The number of fused-ring (bicyclic) bond motifs is 1. The van der Waals surface area contributed by atoms with Crippen molar-refractivity contribution in [3.8, 4) is 11.5 Å². The molecule has 2 saturated heterocycles. The van der Waals surface area contributed by atoms with Gasteiger partial charge in [-0.15, -0.1) is 0 Å². The third-order valence-electron chi connectivity index (χ3n) is 7.43. The molecule has 3 aliphatic rings. The van der Waals surface area contributed by atoms with Crippen molar-refractivity contribution >= 4 is 18.0 Å². The molecule has 12 nitrogen and oxygen atoms in total. The van der Waals surface area contributed by atoms with Crippen LogP contribution >= 0.6 is 0 Å². The minimum Gasteiger partial charge on any atom is -0.504 e. The van der Waals surface area contributed by atoms with E-state index in [0.717, 1.165) is 6.08 Å². The van der Waals surface area contributed by atoms with Crippen LogP contribution in [0.25, 0.3) is 6.08 Å². The summed E-state index contributed by atoms with van der Waals surface area (Å²) in [7, 11) is 0. The molecule has 2 heterocycles. The van der Waals surface area contributed by atoms with E-state index in [1.165, 1.54) is 24.3 Å². The molecular formula is C25H32O12. The van der Waals surface area contributed by atoms with Crippen LogP contribution < -0.4 is 0 Å². The number of hydrogen-bond acceptors (Lipinski definition) is 12. The predicted octanol–water partition coefficient (Wildman–Crippen LogP) is -0.716. The van der Waals surface area contributed by atoms with Crippen LogP contribution in [0.2, 0.25) is 0 Å². The summed E-state index contributed by atoms with van der Waals surface area (Å²) in [6.45, 7) is 1.02. The van der Waals surface area contributed by atoms with Crippen LogP contribution in [0.4, 0.5) is 0 Å². The first-order valence-corrected chi connectivity index (χ1v) is 12.1. The largest absolute Gasteiger partial charge is 0.504 e. The van der Waals surface area contributed by atoms with Gasteiger partial charge in [0.25, 0.3) is 0 Å². The third kappa shape index (κ3) is 5.59. The number of carbonyl (C=O) groups is 2. The van der Waals surface area contributed by atoms with Crippen molar-refractivity contribution in [3.05, 3.63) is 29.8 Å². The van der Waals surface area contributed by atoms with E-state index in [-0.39, 0.29) is 48.6 Å². The first-order valence-electron chi connectivity index (χ1n) is 12.1. The standard InChI is InChI=1S/C25H32O12/c1-11-6-17-20(13(11)8-26)14(24(33)35-17)10-34-25-22(32)21(31)23(18(9-27)36-25)37-19(30)5-3-12-2-4-15(28)16(29)7-12/h2-5,7,11,13-14,17-18,20-23,25-29,31-32H,6,8-10H2,1H3/b5-3+/t11-,13+,14-,17-,18+,20-,21+,22+,23+,25+/m0/s1. The minimum absolute atomic E-state index is 0.0985. The summed E-state index contributed by atoms with van der Waals surface area (Å²) in [5.41, 5.74) is 0.382. The predicted molar refractivity (Wildman–Crippen MR) is 124 cm³/mol. The Morgan fingerprint density at radius 3 is 2.57 bits per heavy atom. The van der Waals surface area contributed by atoms with Gasteiger partial charge in [-0.05, 0) is 42.0 Å². The average Bonchev–Trinajstić information content (AvgIpc) is 3.34. The normalized spacial score (nSPS) is 37.5. The highest BCUT2D eigenvalue weighted by molar-refractivity contribution is 5.87. The number of phenols is 2. The summed E-state index contributed by atoms with van der Waals surface area (Å²) in [6, 6.07) is 3.90. The summed E-state index contributed by atoms with van der Waals surface area (Å²) >= 11 is 0. The van der Waals surface area contributed by atoms with Gasteiger partial charge >= 0.3 is 11.9 Å². The number of aromatic hydroxyl groups is 2. The lowest BCUT2D eigenvalue weighted by atomic mass is 9.83. The number of rotatable bonds is 8. The first-order chi connectivity index (χ1) is 17.6. The van der Waals surface area contributed by atoms with E-state index >= 15 is 0 Å². The smallest absolute Gasteiger partial charge is 0.331 e. The van der Waals surface area contributed by atoms with Gasteiger partial charge in [0.05, 0.1) is 19.1 Å². The lowest BCUT2D eigenvalue weighted by Crippen LogP contribution is -2.60. The molecule has 6 N–H and O–H groups in total. The van der Waals surface area contributed by atoms with Crippen molar-refractivity contribution in [2.75, 3.05) is 19.8 Å². The number of benzene rings is 1. The molecule has 0 bridgehead atoms. The molecule has 0 amide bonds. The highest BCUT2D eigenvalue weighted by Gasteiger charge is 2.55. The fourth-order valence-electron chi connectivity index (χ4n) is 5.43. The Labute approximate surface area is 212 Å². The van der Waals surface area contributed by atoms with Gasteiger partial charge in [0.2, 0.25) is 0 Å². The van der Waals surface area contributed by atoms with E-state index in [2.05, 4.69) is 0 Å². The lowest BCUT2D eigenvalue weighted by molar-refractivity contribution is -0.304. The minimum atomic E-state index is -1.68. The summed E-state index contributed by atoms with van der Waals surface area (Å²) in [5.74, 6) is -3.00. The average molecular weight is 525 g/mol. The van der Waals surface area contributed by atoms with Crippen molar-refractivity contribution in [1.82, 2.24) is 0 Å². The molecule has 12 heteroatoms. The van der Waals surface area contributed by atoms with E-state index < -0.39 is 55.2 Å². The van der Waals surface area contributed by atoms with Crippen molar-refractivity contribution in [1.29, 1.82) is 0 Å². The molecule has 1 saturated carbocycles. The topological polar surface area (TPSA) is 192 Å². The molecule has 3 fully saturated rings. The second kappa shape index (κ2) is 11.3. The number of phenolic OH excluding ortho intramolecular Hbond substituents is 2. The van der Waals surface area contributed by atoms with Crippen LogP contribution in [0.5, 0.6) is 11.5 Å². The zero-order valence-corrected chi connectivity index (χ0v) is 20.1. The van der Waals surface area contributed by atoms with E-state index in [1.807, 2.05) is 6.92 Å². The number of esters is 2. The van der Waals surface area contributed by atoms with E-state index in [0.29, 0.717) is 12.0 Å². The zero-order chi connectivity index (χ0) is 26.9. The van der Waals surface area contributed by atoms with Crippen LogP contribution in [0.15, 0.2) is 24.3 Å². The highest BCUT2D eigenvalue weighted by atomic mass is 16.7. The maximum atomic E-state index is 12.4. The zero-order valence-electron chi connectivity index (χ0n) is 20.1. The summed E-state index contributed by atoms with van der Waals surface area (Å²) < 4.78 is 21.9. The van der Waals surface area contributed by atoms with Crippen molar-refractivity contribution < 1.29 is 59.2 Å². The number of carbonyl (C=O) groups excluding carboxylic acids is 2. The van der Waals surface area contributed by atoms with Gasteiger partial charge in [-0.1, -0.05) is 13.0 Å². The number of aliphatic hydroxyl groups excluding tert-OH is 4. The molecule has 0 unspecified atom stereocenters. The van der Waals surface area contributed by atoms with Crippen molar-refractivity contribution in [3.63, 3.8) is 0 Å². The Kier molecular flexibility index (Phi) is 8.36. The molecule has 1 aliphatic carbocycles. The fourth-order valence-corrected chi connectivity index (χ4v) is 5.43. The molecule has 4 rings (SSSR count). The maximum Gasteiger partial charge on any atom is 0.331 e. The van der Waals surface area contributed by atoms with Crippen LogP contribution in [-0.4, -0.2) is 99.2 Å². The number of aliphatic hydroxyl groups is 4. The molecule has 0 aromatic heterocycles. The SMILES string of the molecule is C[C@H]1C[C@@H]2OC(=O)[C@@H](CO[C@@H]3O[C@H](CO)[C@@H](OC(=O)/C=C/c4ccc(O)c(O)c4)[C@H](O)[C@H]3O)[C@@H]2[C@@H]1CO. The fraction of sp³-hybridized carbons (Fsp3) is 0.600. The first kappa shape index (κ1) is 27.3. The maximum absolute atomic E-state index is 12.4. The summed E-state index contributed by atoms with van der Waals surface area (Å²) in [4.78, 5) is 24.7. The molecular weight excluding hydrogens is 492 g/mol. The second-order valence-corrected chi connectivity index (χ2v) is 9.74. The summed E-state index contributed by atoms with van der Waals surface area (Å²) in [6.07, 6.45) is -4.80. The highest BCUT2D eigenvalue weighted by Crippen LogP contribution is 2.47. The van der Waals surface area contributed by atoms with Gasteiger partial charge in [0, 0.05) is 18.6 Å². The van der Waals surface area contributed by atoms with Gasteiger partial charge in [-0.3, -0.25) is 4.79 Å². The van der Waals surface area contributed by atoms with E-state index in [4.69, 9.17) is 18.9 Å². The van der Waals surface area contributed by atoms with Gasteiger partial charge < -0.3 is 49.6 Å². The van der Waals surface area contributed by atoms with Gasteiger partial charge in [0.1, 0.15) is 24.4 Å². The second-order valence-electron chi connectivity index (χ2n) is 9.74. The van der Waals surface area contributed by atoms with Gasteiger partial charge in [-0.25, -0.2) is 4.79 Å². The van der Waals surface area contributed by atoms with Crippen LogP contribution in [-0.2, 0) is 28.5 Å². The number of ether oxygens (including phenoxy) is 4. The van der Waals surface area contributed by atoms with E-state index in [9.17, 15) is 40.2 Å². The Bertz CT molecular complexity index is 1010. The van der Waals surface area contributed by atoms with Crippen LogP contribution in [0.1, 0.15) is 18.9 Å². The molecule has 204 valence electrons. The Balaban J connectivity index is 1.36. The Morgan fingerprint density at radius 1 is 1.14 bits per heavy atom. The van der Waals surface area contributed by atoms with Gasteiger partial charge in [0.15, 0.2) is 23.9 Å². The Morgan fingerprint density at radius 2 is 1.89 bits per heavy atom. The Hall–Kier alpha value is -2.74.